The zero-order valence-electron chi connectivity index (χ0n) is 14.5. The standard InChI is InChI=1S/C17H18N2O6S2/c1-2-25-17(20)15-13-5-3-4-6-14(13)26-16(15)18-27(23,24)12-9-7-11(8-10-12)19(21)22/h7-10,20H,2-6H2,1H3/p-1. The summed E-state index contributed by atoms with van der Waals surface area (Å²) in [5, 5.41) is 23.2. The highest BCUT2D eigenvalue weighted by atomic mass is 32.2. The lowest BCUT2D eigenvalue weighted by Crippen LogP contribution is -2.16. The maximum Gasteiger partial charge on any atom is 0.283 e. The van der Waals surface area contributed by atoms with Gasteiger partial charge in [0.1, 0.15) is 5.04 Å². The molecular weight excluding hydrogens is 392 g/mol. The Balaban J connectivity index is 2.01. The van der Waals surface area contributed by atoms with Crippen LogP contribution in [0.4, 0.5) is 5.69 Å². The van der Waals surface area contributed by atoms with Crippen LogP contribution < -0.4 is 5.11 Å². The largest absolute Gasteiger partial charge is 0.613 e. The minimum atomic E-state index is -4.12. The molecule has 1 aliphatic heterocycles. The fourth-order valence-corrected chi connectivity index (χ4v) is 5.39. The number of rotatable bonds is 5. The molecule has 0 unspecified atom stereocenters. The number of non-ortho nitro benzene ring substituents is 1. The molecule has 3 rings (SSSR count). The maximum atomic E-state index is 12.6. The van der Waals surface area contributed by atoms with E-state index < -0.39 is 20.9 Å². The van der Waals surface area contributed by atoms with Crippen LogP contribution in [-0.4, -0.2) is 25.0 Å². The van der Waals surface area contributed by atoms with Gasteiger partial charge in [-0.3, -0.25) is 10.1 Å². The van der Waals surface area contributed by atoms with Gasteiger partial charge in [-0.05, 0) is 54.9 Å². The Morgan fingerprint density at radius 3 is 2.56 bits per heavy atom. The average Bonchev–Trinajstić information content (AvgIpc) is 2.99. The first kappa shape index (κ1) is 19.4. The molecule has 2 aliphatic rings. The van der Waals surface area contributed by atoms with E-state index in [1.807, 2.05) is 0 Å². The van der Waals surface area contributed by atoms with Gasteiger partial charge < -0.3 is 9.84 Å². The Labute approximate surface area is 160 Å². The van der Waals surface area contributed by atoms with Gasteiger partial charge in [-0.15, -0.1) is 0 Å². The minimum Gasteiger partial charge on any atom is -0.613 e. The van der Waals surface area contributed by atoms with Gasteiger partial charge in [0.15, 0.2) is 0 Å². The quantitative estimate of drug-likeness (QED) is 0.416. The van der Waals surface area contributed by atoms with Crippen LogP contribution in [0.3, 0.4) is 0 Å². The molecule has 0 bridgehead atoms. The molecule has 1 aromatic carbocycles. The molecule has 0 radical (unpaired) electrons. The highest BCUT2D eigenvalue weighted by Gasteiger charge is 2.31. The molecule has 144 valence electrons. The van der Waals surface area contributed by atoms with Crippen molar-refractivity contribution in [3.63, 3.8) is 0 Å². The normalized spacial score (nSPS) is 20.6. The van der Waals surface area contributed by atoms with E-state index in [2.05, 4.69) is 4.40 Å². The van der Waals surface area contributed by atoms with Crippen LogP contribution in [0.25, 0.3) is 0 Å². The molecule has 0 saturated heterocycles. The number of nitro groups is 1. The third-order valence-electron chi connectivity index (χ3n) is 4.18. The summed E-state index contributed by atoms with van der Waals surface area (Å²) in [5.41, 5.74) is 0.831. The molecule has 0 amide bonds. The highest BCUT2D eigenvalue weighted by Crippen LogP contribution is 2.46. The molecule has 0 atom stereocenters. The van der Waals surface area contributed by atoms with Gasteiger partial charge in [0, 0.05) is 17.7 Å². The van der Waals surface area contributed by atoms with Crippen molar-refractivity contribution in [1.29, 1.82) is 0 Å². The number of hydrogen-bond acceptors (Lipinski definition) is 7. The zero-order chi connectivity index (χ0) is 19.6. The third-order valence-corrected chi connectivity index (χ3v) is 6.77. The molecule has 1 heterocycles. The van der Waals surface area contributed by atoms with Crippen LogP contribution in [0.2, 0.25) is 0 Å². The molecule has 1 aromatic rings. The Hall–Kier alpha value is -2.33. The van der Waals surface area contributed by atoms with Crippen molar-refractivity contribution >= 4 is 32.5 Å². The lowest BCUT2D eigenvalue weighted by molar-refractivity contribution is -0.384. The first-order valence-corrected chi connectivity index (χ1v) is 10.6. The molecule has 0 aromatic heterocycles. The number of allylic oxidation sites excluding steroid dienone is 2. The number of benzene rings is 1. The fourth-order valence-electron chi connectivity index (χ4n) is 2.93. The van der Waals surface area contributed by atoms with Crippen molar-refractivity contribution in [2.45, 2.75) is 37.5 Å². The van der Waals surface area contributed by atoms with E-state index in [4.69, 9.17) is 4.74 Å². The summed E-state index contributed by atoms with van der Waals surface area (Å²) < 4.78 is 34.2. The van der Waals surface area contributed by atoms with E-state index >= 15 is 0 Å². The predicted octanol–water partition coefficient (Wildman–Crippen LogP) is 2.87. The van der Waals surface area contributed by atoms with Gasteiger partial charge in [-0.2, -0.15) is 12.8 Å². The molecule has 0 saturated carbocycles. The molecule has 27 heavy (non-hydrogen) atoms. The van der Waals surface area contributed by atoms with Crippen LogP contribution in [0, 0.1) is 10.1 Å². The summed E-state index contributed by atoms with van der Waals surface area (Å²) >= 11 is 1.19. The second kappa shape index (κ2) is 7.73. The van der Waals surface area contributed by atoms with Crippen LogP contribution in [0.1, 0.15) is 32.6 Å². The van der Waals surface area contributed by atoms with Gasteiger partial charge in [-0.25, -0.2) is 0 Å². The SMILES string of the molecule is CCOC([O-])=C1C(=NS(=O)(=O)c2ccc([N+](=O)[O-])cc2)SC2=C1CCCC2. The van der Waals surface area contributed by atoms with E-state index in [0.29, 0.717) is 6.42 Å². The molecule has 0 fully saturated rings. The average molecular weight is 409 g/mol. The molecule has 1 aliphatic carbocycles. The number of sulfonamides is 1. The summed E-state index contributed by atoms with van der Waals surface area (Å²) in [6, 6.07) is 4.48. The molecule has 0 spiro atoms. The minimum absolute atomic E-state index is 0.110. The number of thioether (sulfide) groups is 1. The van der Waals surface area contributed by atoms with Crippen LogP contribution >= 0.6 is 11.8 Å². The molecule has 8 nitrogen and oxygen atoms in total. The van der Waals surface area contributed by atoms with Crippen LogP contribution in [0.5, 0.6) is 0 Å². The van der Waals surface area contributed by atoms with Gasteiger partial charge in [-0.1, -0.05) is 18.7 Å². The lowest BCUT2D eigenvalue weighted by Gasteiger charge is -2.19. The van der Waals surface area contributed by atoms with Gasteiger partial charge in [0.25, 0.3) is 15.7 Å². The highest BCUT2D eigenvalue weighted by molar-refractivity contribution is 8.18. The Morgan fingerprint density at radius 1 is 1.26 bits per heavy atom. The van der Waals surface area contributed by atoms with E-state index in [1.54, 1.807) is 6.92 Å². The molecular formula is C17H17N2O6S2-. The summed E-state index contributed by atoms with van der Waals surface area (Å²) in [5.74, 6) is -0.574. The number of nitro benzene ring substituents is 1. The third kappa shape index (κ3) is 4.01. The second-order valence-corrected chi connectivity index (χ2v) is 8.62. The van der Waals surface area contributed by atoms with Crippen molar-refractivity contribution in [2.24, 2.45) is 4.40 Å². The van der Waals surface area contributed by atoms with Crippen molar-refractivity contribution in [3.8, 4) is 0 Å². The van der Waals surface area contributed by atoms with Gasteiger partial charge in [0.05, 0.1) is 15.8 Å². The molecule has 10 heteroatoms. The summed E-state index contributed by atoms with van der Waals surface area (Å²) in [6.07, 6.45) is 3.36. The smallest absolute Gasteiger partial charge is 0.283 e. The Bertz CT molecular complexity index is 962. The zero-order valence-corrected chi connectivity index (χ0v) is 16.1. The van der Waals surface area contributed by atoms with Gasteiger partial charge >= 0.3 is 0 Å². The predicted molar refractivity (Wildman–Crippen MR) is 99.5 cm³/mol. The Kier molecular flexibility index (Phi) is 5.56. The van der Waals surface area contributed by atoms with Crippen molar-refractivity contribution in [2.75, 3.05) is 6.61 Å². The number of ether oxygens (including phenoxy) is 1. The van der Waals surface area contributed by atoms with E-state index in [1.165, 1.54) is 11.8 Å². The molecule has 0 N–H and O–H groups in total. The van der Waals surface area contributed by atoms with E-state index in [9.17, 15) is 23.6 Å². The monoisotopic (exact) mass is 409 g/mol. The summed E-state index contributed by atoms with van der Waals surface area (Å²) in [4.78, 5) is 10.9. The van der Waals surface area contributed by atoms with Crippen LogP contribution in [-0.2, 0) is 14.8 Å². The van der Waals surface area contributed by atoms with E-state index in [0.717, 1.165) is 54.0 Å². The second-order valence-electron chi connectivity index (χ2n) is 5.93. The lowest BCUT2D eigenvalue weighted by atomic mass is 9.94. The van der Waals surface area contributed by atoms with E-state index in [-0.39, 0.29) is 27.8 Å². The first-order valence-electron chi connectivity index (χ1n) is 8.37. The topological polar surface area (TPSA) is 122 Å². The maximum absolute atomic E-state index is 12.6. The fraction of sp³-hybridized carbons (Fsp3) is 0.353. The Morgan fingerprint density at radius 2 is 1.93 bits per heavy atom. The summed E-state index contributed by atoms with van der Waals surface area (Å²) in [6.45, 7) is 1.86. The number of hydrogen-bond donors (Lipinski definition) is 0. The van der Waals surface area contributed by atoms with Crippen molar-refractivity contribution < 1.29 is 23.2 Å². The summed E-state index contributed by atoms with van der Waals surface area (Å²) in [7, 11) is -4.12. The van der Waals surface area contributed by atoms with Crippen molar-refractivity contribution in [3.05, 3.63) is 56.4 Å². The number of nitrogens with zero attached hydrogens (tertiary/aromatic N) is 2. The van der Waals surface area contributed by atoms with Crippen LogP contribution in [0.15, 0.2) is 55.6 Å². The first-order chi connectivity index (χ1) is 12.8. The van der Waals surface area contributed by atoms with Gasteiger partial charge in [0.2, 0.25) is 0 Å². The van der Waals surface area contributed by atoms with Crippen molar-refractivity contribution in [1.82, 2.24) is 0 Å².